The van der Waals surface area contributed by atoms with Gasteiger partial charge in [0, 0.05) is 17.8 Å². The smallest absolute Gasteiger partial charge is 0.128 e. The second-order valence-corrected chi connectivity index (χ2v) is 5.26. The Balaban J connectivity index is 2.27. The number of nitrogens with zero attached hydrogens (tertiary/aromatic N) is 1. The molecular formula is C17H22FN3. The predicted octanol–water partition coefficient (Wildman–Crippen LogP) is 3.39. The summed E-state index contributed by atoms with van der Waals surface area (Å²) in [5.74, 6) is 0.347. The predicted molar refractivity (Wildman–Crippen MR) is 84.5 cm³/mol. The minimum atomic E-state index is -0.214. The highest BCUT2D eigenvalue weighted by Crippen LogP contribution is 2.26. The van der Waals surface area contributed by atoms with Gasteiger partial charge in [0.2, 0.25) is 0 Å². The van der Waals surface area contributed by atoms with Crippen LogP contribution in [0.2, 0.25) is 0 Å². The molecule has 0 aliphatic rings. The fourth-order valence-corrected chi connectivity index (χ4v) is 2.50. The summed E-state index contributed by atoms with van der Waals surface area (Å²) in [5.41, 5.74) is 9.30. The van der Waals surface area contributed by atoms with Crippen LogP contribution >= 0.6 is 0 Å². The Hall–Kier alpha value is -1.94. The highest BCUT2D eigenvalue weighted by molar-refractivity contribution is 5.46. The largest absolute Gasteiger partial charge is 0.383 e. The first-order chi connectivity index (χ1) is 10.1. The average Bonchev–Trinajstić information content (AvgIpc) is 2.46. The normalized spacial score (nSPS) is 12.3. The quantitative estimate of drug-likeness (QED) is 0.856. The first-order valence-electron chi connectivity index (χ1n) is 7.30. The lowest BCUT2D eigenvalue weighted by molar-refractivity contribution is 0.526. The van der Waals surface area contributed by atoms with E-state index in [-0.39, 0.29) is 11.9 Å². The van der Waals surface area contributed by atoms with Crippen LogP contribution in [0.5, 0.6) is 0 Å². The van der Waals surface area contributed by atoms with Gasteiger partial charge in [-0.1, -0.05) is 19.1 Å². The summed E-state index contributed by atoms with van der Waals surface area (Å²) in [7, 11) is 0. The molecule has 112 valence electrons. The molecule has 4 heteroatoms. The first-order valence-corrected chi connectivity index (χ1v) is 7.30. The maximum Gasteiger partial charge on any atom is 0.128 e. The van der Waals surface area contributed by atoms with Crippen LogP contribution in [-0.2, 0) is 6.42 Å². The van der Waals surface area contributed by atoms with Crippen molar-refractivity contribution >= 4 is 5.82 Å². The van der Waals surface area contributed by atoms with Gasteiger partial charge in [0.1, 0.15) is 11.6 Å². The molecule has 0 saturated carbocycles. The minimum Gasteiger partial charge on any atom is -0.383 e. The standard InChI is InChI=1S/C17H22FN3/c1-3-9-20-15(11-13-4-6-14(18)7-5-13)16-12(2)8-10-21-17(16)19/h4-8,10,15,20H,3,9,11H2,1-2H3,(H2,19,21). The summed E-state index contributed by atoms with van der Waals surface area (Å²) in [6.45, 7) is 5.07. The molecule has 0 saturated heterocycles. The fourth-order valence-electron chi connectivity index (χ4n) is 2.50. The van der Waals surface area contributed by atoms with Gasteiger partial charge in [-0.05, 0) is 55.6 Å². The zero-order valence-corrected chi connectivity index (χ0v) is 12.6. The van der Waals surface area contributed by atoms with E-state index in [1.165, 1.54) is 12.1 Å². The zero-order chi connectivity index (χ0) is 15.2. The number of aryl methyl sites for hydroxylation is 1. The lowest BCUT2D eigenvalue weighted by atomic mass is 9.96. The Morgan fingerprint density at radius 2 is 1.95 bits per heavy atom. The van der Waals surface area contributed by atoms with Gasteiger partial charge in [-0.25, -0.2) is 9.37 Å². The van der Waals surface area contributed by atoms with Crippen LogP contribution in [0.1, 0.15) is 36.1 Å². The molecule has 0 spiro atoms. The van der Waals surface area contributed by atoms with Crippen molar-refractivity contribution < 1.29 is 4.39 Å². The highest BCUT2D eigenvalue weighted by atomic mass is 19.1. The Morgan fingerprint density at radius 3 is 2.57 bits per heavy atom. The molecule has 1 heterocycles. The van der Waals surface area contributed by atoms with Crippen molar-refractivity contribution in [2.75, 3.05) is 12.3 Å². The van der Waals surface area contributed by atoms with Crippen LogP contribution in [0.3, 0.4) is 0 Å². The maximum absolute atomic E-state index is 13.0. The summed E-state index contributed by atoms with van der Waals surface area (Å²) < 4.78 is 13.0. The topological polar surface area (TPSA) is 50.9 Å². The first kappa shape index (κ1) is 15.4. The number of benzene rings is 1. The molecule has 0 fully saturated rings. The molecule has 1 aromatic heterocycles. The number of anilines is 1. The molecular weight excluding hydrogens is 265 g/mol. The van der Waals surface area contributed by atoms with Crippen molar-refractivity contribution in [3.8, 4) is 0 Å². The lowest BCUT2D eigenvalue weighted by Crippen LogP contribution is -2.26. The molecule has 1 aromatic carbocycles. The molecule has 3 N–H and O–H groups in total. The fraction of sp³-hybridized carbons (Fsp3) is 0.353. The number of nitrogens with two attached hydrogens (primary N) is 1. The Morgan fingerprint density at radius 1 is 1.24 bits per heavy atom. The van der Waals surface area contributed by atoms with E-state index >= 15 is 0 Å². The van der Waals surface area contributed by atoms with E-state index in [0.29, 0.717) is 5.82 Å². The lowest BCUT2D eigenvalue weighted by Gasteiger charge is -2.22. The number of nitrogen functional groups attached to an aromatic ring is 1. The zero-order valence-electron chi connectivity index (χ0n) is 12.6. The van der Waals surface area contributed by atoms with Gasteiger partial charge in [-0.2, -0.15) is 0 Å². The van der Waals surface area contributed by atoms with Crippen molar-refractivity contribution in [2.24, 2.45) is 0 Å². The van der Waals surface area contributed by atoms with Crippen LogP contribution in [-0.4, -0.2) is 11.5 Å². The molecule has 2 rings (SSSR count). The molecule has 1 atom stereocenters. The van der Waals surface area contributed by atoms with Gasteiger partial charge in [-0.15, -0.1) is 0 Å². The molecule has 0 bridgehead atoms. The van der Waals surface area contributed by atoms with E-state index in [9.17, 15) is 4.39 Å². The number of pyridine rings is 1. The third kappa shape index (κ3) is 4.02. The number of aromatic nitrogens is 1. The second-order valence-electron chi connectivity index (χ2n) is 5.26. The number of hydrogen-bond donors (Lipinski definition) is 2. The van der Waals surface area contributed by atoms with Gasteiger partial charge < -0.3 is 11.1 Å². The van der Waals surface area contributed by atoms with E-state index in [4.69, 9.17) is 5.73 Å². The molecule has 1 unspecified atom stereocenters. The van der Waals surface area contributed by atoms with Gasteiger partial charge in [-0.3, -0.25) is 0 Å². The third-order valence-electron chi connectivity index (χ3n) is 3.58. The van der Waals surface area contributed by atoms with Gasteiger partial charge in [0.05, 0.1) is 0 Å². The number of nitrogens with one attached hydrogen (secondary N) is 1. The van der Waals surface area contributed by atoms with Crippen molar-refractivity contribution in [1.82, 2.24) is 10.3 Å². The van der Waals surface area contributed by atoms with Crippen LogP contribution in [0.15, 0.2) is 36.5 Å². The number of rotatable bonds is 6. The average molecular weight is 287 g/mol. The van der Waals surface area contributed by atoms with Crippen LogP contribution < -0.4 is 11.1 Å². The summed E-state index contributed by atoms with van der Waals surface area (Å²) in [5, 5.41) is 3.52. The Kier molecular flexibility index (Phi) is 5.28. The molecule has 21 heavy (non-hydrogen) atoms. The summed E-state index contributed by atoms with van der Waals surface area (Å²) >= 11 is 0. The van der Waals surface area contributed by atoms with Gasteiger partial charge >= 0.3 is 0 Å². The number of halogens is 1. The highest BCUT2D eigenvalue weighted by Gasteiger charge is 2.17. The third-order valence-corrected chi connectivity index (χ3v) is 3.58. The van der Waals surface area contributed by atoms with Crippen LogP contribution in [0.25, 0.3) is 0 Å². The molecule has 0 amide bonds. The maximum atomic E-state index is 13.0. The van der Waals surface area contributed by atoms with Gasteiger partial charge in [0.25, 0.3) is 0 Å². The molecule has 2 aromatic rings. The van der Waals surface area contributed by atoms with E-state index in [0.717, 1.165) is 36.1 Å². The van der Waals surface area contributed by atoms with Crippen LogP contribution in [0.4, 0.5) is 10.2 Å². The molecule has 0 aliphatic carbocycles. The summed E-state index contributed by atoms with van der Waals surface area (Å²) in [6.07, 6.45) is 3.53. The summed E-state index contributed by atoms with van der Waals surface area (Å²) in [4.78, 5) is 4.20. The van der Waals surface area contributed by atoms with E-state index in [1.807, 2.05) is 25.1 Å². The van der Waals surface area contributed by atoms with Crippen molar-refractivity contribution in [1.29, 1.82) is 0 Å². The van der Waals surface area contributed by atoms with E-state index < -0.39 is 0 Å². The molecule has 0 radical (unpaired) electrons. The number of hydrogen-bond acceptors (Lipinski definition) is 3. The molecule has 3 nitrogen and oxygen atoms in total. The Bertz CT molecular complexity index is 561. The Labute approximate surface area is 125 Å². The van der Waals surface area contributed by atoms with E-state index in [2.05, 4.69) is 17.2 Å². The SMILES string of the molecule is CCCNC(Cc1ccc(F)cc1)c1c(C)ccnc1N. The molecule has 0 aliphatic heterocycles. The second kappa shape index (κ2) is 7.18. The van der Waals surface area contributed by atoms with E-state index in [1.54, 1.807) is 6.20 Å². The van der Waals surface area contributed by atoms with Crippen molar-refractivity contribution in [3.05, 3.63) is 59.0 Å². The minimum absolute atomic E-state index is 0.0871. The van der Waals surface area contributed by atoms with Crippen molar-refractivity contribution in [3.63, 3.8) is 0 Å². The van der Waals surface area contributed by atoms with Gasteiger partial charge in [0.15, 0.2) is 0 Å². The van der Waals surface area contributed by atoms with Crippen molar-refractivity contribution in [2.45, 2.75) is 32.7 Å². The summed E-state index contributed by atoms with van der Waals surface area (Å²) in [6, 6.07) is 8.67. The monoisotopic (exact) mass is 287 g/mol. The van der Waals surface area contributed by atoms with Crippen LogP contribution in [0, 0.1) is 12.7 Å².